The summed E-state index contributed by atoms with van der Waals surface area (Å²) in [5, 5.41) is 16.8. The van der Waals surface area contributed by atoms with Gasteiger partial charge in [-0.3, -0.25) is 9.78 Å². The van der Waals surface area contributed by atoms with Gasteiger partial charge in [0.1, 0.15) is 22.5 Å². The maximum Gasteiger partial charge on any atom is 0.164 e. The second kappa shape index (κ2) is 14.3. The van der Waals surface area contributed by atoms with Crippen LogP contribution in [0.15, 0.2) is 64.6 Å². The summed E-state index contributed by atoms with van der Waals surface area (Å²) >= 11 is 3.48. The molecule has 4 heterocycles. The fraction of sp³-hybridized carbons (Fsp3) is 0.410. The molecule has 251 valence electrons. The molecule has 0 atom stereocenters. The van der Waals surface area contributed by atoms with Crippen molar-refractivity contribution in [2.24, 2.45) is 10.8 Å². The molecule has 8 heteroatoms. The van der Waals surface area contributed by atoms with Crippen molar-refractivity contribution in [2.45, 2.75) is 93.4 Å². The van der Waals surface area contributed by atoms with E-state index in [-0.39, 0.29) is 47.9 Å². The number of furan rings is 1. The van der Waals surface area contributed by atoms with E-state index in [9.17, 15) is 9.90 Å². The Hall–Kier alpha value is -2.90. The normalized spacial score (nSPS) is 12.8. The van der Waals surface area contributed by atoms with Gasteiger partial charge in [-0.05, 0) is 59.4 Å². The average Bonchev–Trinajstić information content (AvgIpc) is 3.80. The van der Waals surface area contributed by atoms with Gasteiger partial charge in [-0.15, -0.1) is 34.9 Å². The van der Waals surface area contributed by atoms with Crippen molar-refractivity contribution in [3.05, 3.63) is 71.8 Å². The number of hydrogen-bond acceptors (Lipinski definition) is 7. The van der Waals surface area contributed by atoms with E-state index in [1.807, 2.05) is 47.6 Å². The molecule has 6 rings (SSSR count). The van der Waals surface area contributed by atoms with Crippen LogP contribution in [0.25, 0.3) is 52.6 Å². The first-order valence-electron chi connectivity index (χ1n) is 16.2. The van der Waals surface area contributed by atoms with Gasteiger partial charge in [0.2, 0.25) is 0 Å². The zero-order valence-corrected chi connectivity index (χ0v) is 32.9. The standard InChI is InChI=1S/C24H17N2OS2.C15H28O2.Ir/c1-24(2,3)17-9-15(8-14-5-7-28-22(14)17)21-20-16-11-18-13(4-6-27-18)10-19(16)29-23(20)26-12-25-21;1-7-14(5,8-2)12(16)11-13(17)15(6,9-3)10-4;/h4-7,9-12H,1-3H3;11,16H,7-10H2,1-6H3;/q-1;;/b;12-11-;. The van der Waals surface area contributed by atoms with E-state index in [0.29, 0.717) is 0 Å². The van der Waals surface area contributed by atoms with Crippen LogP contribution in [0.3, 0.4) is 0 Å². The third-order valence-corrected chi connectivity index (χ3v) is 12.0. The molecule has 0 saturated heterocycles. The van der Waals surface area contributed by atoms with E-state index < -0.39 is 0 Å². The molecule has 2 aromatic carbocycles. The third kappa shape index (κ3) is 7.12. The van der Waals surface area contributed by atoms with Crippen molar-refractivity contribution in [1.29, 1.82) is 0 Å². The maximum atomic E-state index is 12.2. The summed E-state index contributed by atoms with van der Waals surface area (Å²) in [7, 11) is 0. The van der Waals surface area contributed by atoms with Gasteiger partial charge in [0.25, 0.3) is 0 Å². The van der Waals surface area contributed by atoms with Crippen molar-refractivity contribution in [2.75, 3.05) is 0 Å². The number of carbonyl (C=O) groups is 1. The quantitative estimate of drug-likeness (QED) is 0.0938. The van der Waals surface area contributed by atoms with E-state index in [1.54, 1.807) is 35.3 Å². The molecule has 0 bridgehead atoms. The maximum absolute atomic E-state index is 12.2. The molecule has 0 saturated carbocycles. The van der Waals surface area contributed by atoms with Crippen LogP contribution in [0.5, 0.6) is 0 Å². The number of aliphatic hydroxyl groups excluding tert-OH is 1. The molecule has 0 fully saturated rings. The third-order valence-electron chi connectivity index (χ3n) is 9.98. The van der Waals surface area contributed by atoms with Gasteiger partial charge in [-0.2, -0.15) is 11.3 Å². The molecular weight excluding hydrogens is 801 g/mol. The molecule has 5 nitrogen and oxygen atoms in total. The molecule has 1 N–H and O–H groups in total. The topological polar surface area (TPSA) is 76.2 Å². The average molecular weight is 846 g/mol. The zero-order valence-electron chi connectivity index (χ0n) is 28.8. The van der Waals surface area contributed by atoms with Crippen molar-refractivity contribution < 1.29 is 34.4 Å². The van der Waals surface area contributed by atoms with Crippen LogP contribution in [0.1, 0.15) is 93.6 Å². The minimum atomic E-state index is -0.337. The van der Waals surface area contributed by atoms with Crippen LogP contribution in [-0.4, -0.2) is 20.9 Å². The molecule has 0 spiro atoms. The van der Waals surface area contributed by atoms with E-state index in [4.69, 9.17) is 9.40 Å². The van der Waals surface area contributed by atoms with Gasteiger partial charge in [0.05, 0.1) is 6.26 Å². The minimum Gasteiger partial charge on any atom is -0.512 e. The van der Waals surface area contributed by atoms with Gasteiger partial charge >= 0.3 is 0 Å². The summed E-state index contributed by atoms with van der Waals surface area (Å²) in [6.07, 6.45) is 8.16. The molecule has 0 aliphatic rings. The van der Waals surface area contributed by atoms with E-state index in [2.05, 4.69) is 61.5 Å². The van der Waals surface area contributed by atoms with Crippen LogP contribution >= 0.6 is 22.7 Å². The number of thiophene rings is 2. The summed E-state index contributed by atoms with van der Waals surface area (Å²) in [5.41, 5.74) is 3.61. The number of aliphatic hydroxyl groups is 1. The summed E-state index contributed by atoms with van der Waals surface area (Å²) < 4.78 is 8.16. The van der Waals surface area contributed by atoms with Crippen molar-refractivity contribution in [3.63, 3.8) is 0 Å². The van der Waals surface area contributed by atoms with E-state index in [1.165, 1.54) is 21.0 Å². The summed E-state index contributed by atoms with van der Waals surface area (Å²) in [6, 6.07) is 14.3. The summed E-state index contributed by atoms with van der Waals surface area (Å²) in [6.45, 7) is 18.9. The molecule has 1 radical (unpaired) electrons. The van der Waals surface area contributed by atoms with Gasteiger partial charge in [-0.25, -0.2) is 4.98 Å². The first-order chi connectivity index (χ1) is 21.8. The van der Waals surface area contributed by atoms with Crippen LogP contribution in [0, 0.1) is 16.9 Å². The van der Waals surface area contributed by atoms with Crippen LogP contribution in [0.4, 0.5) is 0 Å². The molecular formula is C39H45IrN2O3S2-. The molecule has 47 heavy (non-hydrogen) atoms. The molecule has 0 aliphatic heterocycles. The van der Waals surface area contributed by atoms with Crippen molar-refractivity contribution >= 4 is 69.8 Å². The predicted octanol–water partition coefficient (Wildman–Crippen LogP) is 12.2. The second-order valence-electron chi connectivity index (χ2n) is 13.8. The monoisotopic (exact) mass is 846 g/mol. The molecule has 0 unspecified atom stereocenters. The van der Waals surface area contributed by atoms with E-state index in [0.717, 1.165) is 68.9 Å². The number of rotatable bonds is 8. The Morgan fingerprint density at radius 1 is 0.957 bits per heavy atom. The minimum absolute atomic E-state index is 0. The fourth-order valence-electron chi connectivity index (χ4n) is 5.64. The van der Waals surface area contributed by atoms with Crippen molar-refractivity contribution in [1.82, 2.24) is 9.97 Å². The number of carbonyl (C=O) groups excluding carboxylic acids is 1. The predicted molar refractivity (Wildman–Crippen MR) is 196 cm³/mol. The first kappa shape index (κ1) is 36.9. The Morgan fingerprint density at radius 2 is 1.64 bits per heavy atom. The van der Waals surface area contributed by atoms with Crippen LogP contribution in [-0.2, 0) is 30.3 Å². The Balaban J connectivity index is 0.000000242. The van der Waals surface area contributed by atoms with Gasteiger partial charge in [-0.1, -0.05) is 73.4 Å². The molecule has 4 aromatic heterocycles. The van der Waals surface area contributed by atoms with Crippen LogP contribution in [0.2, 0.25) is 0 Å². The SMILES string of the molecule is CC(C)(C)c1cc(-c2ncnc3sc4cc5ccoc5cc4c23)[c-]c2ccsc12.CCC(C)(CC)C(=O)/C=C(\O)C(C)(CC)CC.[Ir]. The number of benzene rings is 2. The smallest absolute Gasteiger partial charge is 0.164 e. The van der Waals surface area contributed by atoms with Gasteiger partial charge in [0.15, 0.2) is 5.78 Å². The zero-order chi connectivity index (χ0) is 33.4. The largest absolute Gasteiger partial charge is 0.512 e. The molecule has 6 aromatic rings. The number of nitrogens with zero attached hydrogens (tertiary/aromatic N) is 2. The van der Waals surface area contributed by atoms with Gasteiger partial charge < -0.3 is 9.52 Å². The number of aromatic nitrogens is 2. The fourth-order valence-corrected chi connectivity index (χ4v) is 7.79. The number of fused-ring (bicyclic) bond motifs is 5. The number of hydrogen-bond donors (Lipinski definition) is 1. The summed E-state index contributed by atoms with van der Waals surface area (Å²) in [4.78, 5) is 22.5. The number of allylic oxidation sites excluding steroid dienone is 2. The van der Waals surface area contributed by atoms with Crippen LogP contribution < -0.4 is 0 Å². The Bertz CT molecular complexity index is 2050. The first-order valence-corrected chi connectivity index (χ1v) is 17.9. The van der Waals surface area contributed by atoms with Gasteiger partial charge in [0, 0.05) is 63.6 Å². The Kier molecular flexibility index (Phi) is 11.2. The second-order valence-corrected chi connectivity index (χ2v) is 15.7. The van der Waals surface area contributed by atoms with Crippen molar-refractivity contribution in [3.8, 4) is 11.3 Å². The molecule has 0 aliphatic carbocycles. The summed E-state index contributed by atoms with van der Waals surface area (Å²) in [5.74, 6) is 0.286. The Morgan fingerprint density at radius 3 is 2.28 bits per heavy atom. The Labute approximate surface area is 299 Å². The number of ketones is 1. The van der Waals surface area contributed by atoms with E-state index >= 15 is 0 Å². The molecule has 0 amide bonds.